The number of rotatable bonds is 6. The number of nitrogens with one attached hydrogen (secondary N) is 1. The van der Waals surface area contributed by atoms with Crippen molar-refractivity contribution in [1.82, 2.24) is 9.78 Å². The van der Waals surface area contributed by atoms with Gasteiger partial charge in [0.15, 0.2) is 0 Å². The first-order chi connectivity index (χ1) is 10.1. The predicted molar refractivity (Wildman–Crippen MR) is 83.8 cm³/mol. The zero-order valence-corrected chi connectivity index (χ0v) is 12.5. The van der Waals surface area contributed by atoms with Gasteiger partial charge in [-0.2, -0.15) is 5.10 Å². The van der Waals surface area contributed by atoms with Crippen LogP contribution in [-0.2, 0) is 17.8 Å². The highest BCUT2D eigenvalue weighted by Crippen LogP contribution is 2.11. The Balaban J connectivity index is 1.97. The predicted octanol–water partition coefficient (Wildman–Crippen LogP) is 2.05. The average Bonchev–Trinajstić information content (AvgIpc) is 2.92. The summed E-state index contributed by atoms with van der Waals surface area (Å²) in [5, 5.41) is 7.15. The molecule has 0 spiro atoms. The quantitative estimate of drug-likeness (QED) is 0.853. The van der Waals surface area contributed by atoms with Crippen molar-refractivity contribution in [2.75, 3.05) is 5.32 Å². The second kappa shape index (κ2) is 7.04. The molecule has 0 fully saturated rings. The Morgan fingerprint density at radius 3 is 2.67 bits per heavy atom. The summed E-state index contributed by atoms with van der Waals surface area (Å²) in [6, 6.07) is 11.8. The molecular weight excluding hydrogens is 264 g/mol. The molecule has 0 aliphatic rings. The molecule has 1 aromatic carbocycles. The molecule has 2 aromatic rings. The maximum atomic E-state index is 12.0. The van der Waals surface area contributed by atoms with Crippen molar-refractivity contribution in [1.29, 1.82) is 0 Å². The number of anilines is 1. The van der Waals surface area contributed by atoms with E-state index in [0.29, 0.717) is 5.82 Å². The van der Waals surface area contributed by atoms with E-state index < -0.39 is 0 Å². The van der Waals surface area contributed by atoms with Crippen LogP contribution in [0.5, 0.6) is 0 Å². The number of amides is 1. The van der Waals surface area contributed by atoms with Gasteiger partial charge in [0, 0.05) is 18.7 Å². The van der Waals surface area contributed by atoms with E-state index in [-0.39, 0.29) is 17.9 Å². The van der Waals surface area contributed by atoms with Crippen LogP contribution < -0.4 is 11.1 Å². The van der Waals surface area contributed by atoms with Crippen LogP contribution in [0.2, 0.25) is 0 Å². The summed E-state index contributed by atoms with van der Waals surface area (Å²) < 4.78 is 1.80. The lowest BCUT2D eigenvalue weighted by Crippen LogP contribution is -2.34. The highest BCUT2D eigenvalue weighted by Gasteiger charge is 2.18. The summed E-state index contributed by atoms with van der Waals surface area (Å²) in [6.45, 7) is 4.38. The highest BCUT2D eigenvalue weighted by molar-refractivity contribution is 5.91. The Kier molecular flexibility index (Phi) is 5.11. The largest absolute Gasteiger partial charge is 0.327 e. The van der Waals surface area contributed by atoms with E-state index in [1.54, 1.807) is 16.9 Å². The number of carbonyl (C=O) groups excluding carboxylic acids is 1. The second-order valence-electron chi connectivity index (χ2n) is 5.31. The molecule has 1 heterocycles. The lowest BCUT2D eigenvalue weighted by atomic mass is 10.0. The summed E-state index contributed by atoms with van der Waals surface area (Å²) in [6.07, 6.45) is 2.56. The van der Waals surface area contributed by atoms with Gasteiger partial charge in [-0.15, -0.1) is 0 Å². The number of aryl methyl sites for hydroxylation is 2. The van der Waals surface area contributed by atoms with Gasteiger partial charge in [-0.25, -0.2) is 4.68 Å². The van der Waals surface area contributed by atoms with Crippen molar-refractivity contribution in [2.45, 2.75) is 32.9 Å². The van der Waals surface area contributed by atoms with E-state index >= 15 is 0 Å². The summed E-state index contributed by atoms with van der Waals surface area (Å²) >= 11 is 0. The van der Waals surface area contributed by atoms with Gasteiger partial charge >= 0.3 is 0 Å². The molecule has 5 heteroatoms. The molecule has 1 aromatic heterocycles. The third-order valence-electron chi connectivity index (χ3n) is 3.63. The summed E-state index contributed by atoms with van der Waals surface area (Å²) in [7, 11) is 0. The first-order valence-corrected chi connectivity index (χ1v) is 7.20. The Bertz CT molecular complexity index is 577. The Hall–Kier alpha value is -2.14. The molecule has 3 N–H and O–H groups in total. The van der Waals surface area contributed by atoms with Crippen molar-refractivity contribution >= 4 is 11.7 Å². The summed E-state index contributed by atoms with van der Waals surface area (Å²) in [5.41, 5.74) is 7.00. The van der Waals surface area contributed by atoms with Gasteiger partial charge < -0.3 is 11.1 Å². The fourth-order valence-electron chi connectivity index (χ4n) is 1.98. The zero-order chi connectivity index (χ0) is 15.2. The van der Waals surface area contributed by atoms with Crippen LogP contribution >= 0.6 is 0 Å². The van der Waals surface area contributed by atoms with E-state index in [4.69, 9.17) is 5.73 Å². The van der Waals surface area contributed by atoms with Gasteiger partial charge in [0.2, 0.25) is 5.91 Å². The van der Waals surface area contributed by atoms with Crippen molar-refractivity contribution in [2.24, 2.45) is 11.7 Å². The number of benzene rings is 1. The number of nitrogens with two attached hydrogens (primary N) is 1. The van der Waals surface area contributed by atoms with Crippen LogP contribution in [0.1, 0.15) is 19.4 Å². The molecule has 0 saturated carbocycles. The first kappa shape index (κ1) is 15.3. The lowest BCUT2D eigenvalue weighted by molar-refractivity contribution is -0.119. The van der Waals surface area contributed by atoms with Gasteiger partial charge in [0.25, 0.3) is 0 Å². The molecule has 112 valence electrons. The van der Waals surface area contributed by atoms with E-state index in [0.717, 1.165) is 13.0 Å². The Morgan fingerprint density at radius 1 is 1.29 bits per heavy atom. The number of nitrogens with zero attached hydrogens (tertiary/aromatic N) is 2. The maximum Gasteiger partial charge on any atom is 0.229 e. The molecule has 2 unspecified atom stereocenters. The molecule has 2 atom stereocenters. The monoisotopic (exact) mass is 286 g/mol. The SMILES string of the molecule is CC(N)C(C)C(=O)Nc1ccnn1CCc1ccccc1. The van der Waals surface area contributed by atoms with Crippen molar-refractivity contribution in [3.63, 3.8) is 0 Å². The van der Waals surface area contributed by atoms with Gasteiger partial charge in [-0.3, -0.25) is 4.79 Å². The van der Waals surface area contributed by atoms with Crippen LogP contribution in [0.15, 0.2) is 42.6 Å². The maximum absolute atomic E-state index is 12.0. The lowest BCUT2D eigenvalue weighted by Gasteiger charge is -2.16. The summed E-state index contributed by atoms with van der Waals surface area (Å²) in [4.78, 5) is 12.0. The molecule has 0 radical (unpaired) electrons. The van der Waals surface area contributed by atoms with Gasteiger partial charge in [-0.1, -0.05) is 37.3 Å². The molecule has 0 bridgehead atoms. The minimum atomic E-state index is -0.234. The molecule has 21 heavy (non-hydrogen) atoms. The van der Waals surface area contributed by atoms with E-state index in [2.05, 4.69) is 22.5 Å². The van der Waals surface area contributed by atoms with Crippen LogP contribution in [0, 0.1) is 5.92 Å². The summed E-state index contributed by atoms with van der Waals surface area (Å²) in [5.74, 6) is 0.400. The molecular formula is C16H22N4O. The number of carbonyl (C=O) groups is 1. The molecule has 2 rings (SSSR count). The van der Waals surface area contributed by atoms with E-state index in [1.807, 2.05) is 32.0 Å². The van der Waals surface area contributed by atoms with Gasteiger partial charge in [0.1, 0.15) is 5.82 Å². The first-order valence-electron chi connectivity index (χ1n) is 7.20. The number of hydrogen-bond acceptors (Lipinski definition) is 3. The van der Waals surface area contributed by atoms with Crippen molar-refractivity contribution < 1.29 is 4.79 Å². The fourth-order valence-corrected chi connectivity index (χ4v) is 1.98. The van der Waals surface area contributed by atoms with Crippen molar-refractivity contribution in [3.8, 4) is 0 Å². The normalized spacial score (nSPS) is 13.7. The van der Waals surface area contributed by atoms with E-state index in [1.165, 1.54) is 5.56 Å². The van der Waals surface area contributed by atoms with Gasteiger partial charge in [-0.05, 0) is 18.9 Å². The van der Waals surface area contributed by atoms with Crippen LogP contribution in [0.25, 0.3) is 0 Å². The van der Waals surface area contributed by atoms with Crippen LogP contribution in [0.4, 0.5) is 5.82 Å². The zero-order valence-electron chi connectivity index (χ0n) is 12.5. The van der Waals surface area contributed by atoms with Crippen LogP contribution in [0.3, 0.4) is 0 Å². The standard InChI is InChI=1S/C16H22N4O/c1-12(13(2)17)16(21)19-15-8-10-18-20(15)11-9-14-6-4-3-5-7-14/h3-8,10,12-13H,9,11,17H2,1-2H3,(H,19,21). The second-order valence-corrected chi connectivity index (χ2v) is 5.31. The minimum absolute atomic E-state index is 0.0774. The molecule has 5 nitrogen and oxygen atoms in total. The third kappa shape index (κ3) is 4.16. The molecule has 0 aliphatic carbocycles. The van der Waals surface area contributed by atoms with Crippen molar-refractivity contribution in [3.05, 3.63) is 48.2 Å². The Morgan fingerprint density at radius 2 is 2.00 bits per heavy atom. The van der Waals surface area contributed by atoms with Gasteiger partial charge in [0.05, 0.1) is 12.1 Å². The minimum Gasteiger partial charge on any atom is -0.327 e. The number of hydrogen-bond donors (Lipinski definition) is 2. The average molecular weight is 286 g/mol. The number of aromatic nitrogens is 2. The molecule has 1 amide bonds. The fraction of sp³-hybridized carbons (Fsp3) is 0.375. The van der Waals surface area contributed by atoms with Crippen LogP contribution in [-0.4, -0.2) is 21.7 Å². The highest BCUT2D eigenvalue weighted by atomic mass is 16.2. The topological polar surface area (TPSA) is 72.9 Å². The van der Waals surface area contributed by atoms with E-state index in [9.17, 15) is 4.79 Å². The smallest absolute Gasteiger partial charge is 0.229 e. The molecule has 0 saturated heterocycles. The Labute approximate surface area is 125 Å². The molecule has 0 aliphatic heterocycles. The third-order valence-corrected chi connectivity index (χ3v) is 3.63.